The van der Waals surface area contributed by atoms with Gasteiger partial charge in [0.2, 0.25) is 0 Å². The lowest BCUT2D eigenvalue weighted by Crippen LogP contribution is -2.01. The summed E-state index contributed by atoms with van der Waals surface area (Å²) in [5.74, 6) is -0.951. The van der Waals surface area contributed by atoms with Crippen LogP contribution in [-0.4, -0.2) is 16.2 Å². The van der Waals surface area contributed by atoms with E-state index in [1.54, 1.807) is 6.92 Å². The van der Waals surface area contributed by atoms with Gasteiger partial charge in [-0.3, -0.25) is 0 Å². The van der Waals surface area contributed by atoms with Crippen molar-refractivity contribution in [3.8, 4) is 11.5 Å². The number of ether oxygens (including phenoxy) is 1. The molecule has 2 rings (SSSR count). The zero-order chi connectivity index (χ0) is 13.8. The topological polar surface area (TPSA) is 66.8 Å². The maximum Gasteiger partial charge on any atom is 0.336 e. The first kappa shape index (κ1) is 13.0. The normalized spacial score (nSPS) is 10.2. The average Bonchev–Trinajstić information content (AvgIpc) is 2.40. The Morgan fingerprint density at radius 2 is 1.89 bits per heavy atom. The van der Waals surface area contributed by atoms with Crippen LogP contribution in [0, 0.1) is 6.92 Å². The van der Waals surface area contributed by atoms with Gasteiger partial charge in [0, 0.05) is 0 Å². The molecule has 0 fully saturated rings. The Kier molecular flexibility index (Phi) is 3.71. The van der Waals surface area contributed by atoms with Crippen molar-refractivity contribution in [2.45, 2.75) is 13.5 Å². The van der Waals surface area contributed by atoms with Crippen LogP contribution in [0.3, 0.4) is 0 Å². The molecule has 2 aromatic rings. The molecule has 0 bridgehead atoms. The summed E-state index contributed by atoms with van der Waals surface area (Å²) in [6, 6.07) is 12.3. The van der Waals surface area contributed by atoms with Crippen LogP contribution in [0.25, 0.3) is 0 Å². The van der Waals surface area contributed by atoms with Gasteiger partial charge < -0.3 is 14.9 Å². The summed E-state index contributed by atoms with van der Waals surface area (Å²) in [6.45, 7) is 1.98. The van der Waals surface area contributed by atoms with Crippen LogP contribution in [0.15, 0.2) is 42.5 Å². The number of aromatic hydroxyl groups is 1. The van der Waals surface area contributed by atoms with Gasteiger partial charge in [0.15, 0.2) is 11.5 Å². The highest BCUT2D eigenvalue weighted by Crippen LogP contribution is 2.30. The van der Waals surface area contributed by atoms with E-state index in [1.807, 2.05) is 30.3 Å². The minimum absolute atomic E-state index is 0.0737. The molecule has 0 aliphatic heterocycles. The molecule has 4 nitrogen and oxygen atoms in total. The molecule has 98 valence electrons. The van der Waals surface area contributed by atoms with Crippen LogP contribution < -0.4 is 4.74 Å². The summed E-state index contributed by atoms with van der Waals surface area (Å²) in [4.78, 5) is 10.9. The molecule has 0 saturated heterocycles. The third-order valence-corrected chi connectivity index (χ3v) is 2.77. The zero-order valence-electron chi connectivity index (χ0n) is 10.5. The molecule has 0 radical (unpaired) electrons. The van der Waals surface area contributed by atoms with Gasteiger partial charge in [-0.15, -0.1) is 0 Å². The molecule has 4 heteroatoms. The maximum atomic E-state index is 10.9. The van der Waals surface area contributed by atoms with E-state index < -0.39 is 5.97 Å². The molecule has 0 atom stereocenters. The number of phenols is 1. The number of hydrogen-bond donors (Lipinski definition) is 2. The van der Waals surface area contributed by atoms with E-state index in [0.29, 0.717) is 12.2 Å². The van der Waals surface area contributed by atoms with Crippen molar-refractivity contribution in [3.63, 3.8) is 0 Å². The molecule has 0 spiro atoms. The first-order valence-electron chi connectivity index (χ1n) is 5.81. The number of rotatable bonds is 4. The SMILES string of the molecule is Cc1cc(OCc2ccccc2)c(O)cc1C(=O)O. The Labute approximate surface area is 110 Å². The monoisotopic (exact) mass is 258 g/mol. The third-order valence-electron chi connectivity index (χ3n) is 2.77. The quantitative estimate of drug-likeness (QED) is 0.884. The maximum absolute atomic E-state index is 10.9. The fraction of sp³-hybridized carbons (Fsp3) is 0.133. The Balaban J connectivity index is 2.17. The van der Waals surface area contributed by atoms with Gasteiger partial charge in [0.1, 0.15) is 6.61 Å². The molecule has 0 unspecified atom stereocenters. The van der Waals surface area contributed by atoms with Crippen LogP contribution in [0.1, 0.15) is 21.5 Å². The molecule has 0 aromatic heterocycles. The lowest BCUT2D eigenvalue weighted by Gasteiger charge is -2.10. The van der Waals surface area contributed by atoms with Gasteiger partial charge in [-0.25, -0.2) is 4.79 Å². The Morgan fingerprint density at radius 1 is 1.21 bits per heavy atom. The van der Waals surface area contributed by atoms with E-state index in [-0.39, 0.29) is 17.1 Å². The number of phenolic OH excluding ortho intramolecular Hbond substituents is 1. The molecule has 0 aliphatic carbocycles. The largest absolute Gasteiger partial charge is 0.504 e. The summed E-state index contributed by atoms with van der Waals surface area (Å²) in [5, 5.41) is 18.7. The molecule has 0 amide bonds. The van der Waals surface area contributed by atoms with Crippen LogP contribution in [0.2, 0.25) is 0 Å². The molecule has 2 N–H and O–H groups in total. The van der Waals surface area contributed by atoms with E-state index in [4.69, 9.17) is 9.84 Å². The van der Waals surface area contributed by atoms with E-state index in [0.717, 1.165) is 5.56 Å². The first-order chi connectivity index (χ1) is 9.08. The number of carboxylic acid groups (broad SMARTS) is 1. The van der Waals surface area contributed by atoms with Crippen molar-refractivity contribution in [2.24, 2.45) is 0 Å². The molecule has 0 saturated carbocycles. The van der Waals surface area contributed by atoms with E-state index in [1.165, 1.54) is 12.1 Å². The Hall–Kier alpha value is -2.49. The summed E-state index contributed by atoms with van der Waals surface area (Å²) < 4.78 is 5.50. The van der Waals surface area contributed by atoms with Crippen LogP contribution in [0.4, 0.5) is 0 Å². The van der Waals surface area contributed by atoms with Crippen molar-refractivity contribution in [3.05, 3.63) is 59.2 Å². The van der Waals surface area contributed by atoms with E-state index >= 15 is 0 Å². The average molecular weight is 258 g/mol. The minimum atomic E-state index is -1.07. The van der Waals surface area contributed by atoms with Crippen LogP contribution >= 0.6 is 0 Å². The van der Waals surface area contributed by atoms with Gasteiger partial charge >= 0.3 is 5.97 Å². The van der Waals surface area contributed by atoms with Gasteiger partial charge in [-0.05, 0) is 30.2 Å². The summed E-state index contributed by atoms with van der Waals surface area (Å²) in [7, 11) is 0. The Bertz CT molecular complexity index is 591. The standard InChI is InChI=1S/C15H14O4/c1-10-7-14(13(16)8-12(10)15(17)18)19-9-11-5-3-2-4-6-11/h2-8,16H,9H2,1H3,(H,17,18). The molecule has 19 heavy (non-hydrogen) atoms. The van der Waals surface area contributed by atoms with Crippen molar-refractivity contribution in [1.29, 1.82) is 0 Å². The fourth-order valence-electron chi connectivity index (χ4n) is 1.75. The highest BCUT2D eigenvalue weighted by Gasteiger charge is 2.12. The zero-order valence-corrected chi connectivity index (χ0v) is 10.5. The van der Waals surface area contributed by atoms with Crippen LogP contribution in [-0.2, 0) is 6.61 Å². The summed E-state index contributed by atoms with van der Waals surface area (Å²) >= 11 is 0. The number of aryl methyl sites for hydroxylation is 1. The minimum Gasteiger partial charge on any atom is -0.504 e. The van der Waals surface area contributed by atoms with Gasteiger partial charge in [-0.1, -0.05) is 30.3 Å². The van der Waals surface area contributed by atoms with Crippen molar-refractivity contribution >= 4 is 5.97 Å². The van der Waals surface area contributed by atoms with Crippen molar-refractivity contribution in [2.75, 3.05) is 0 Å². The van der Waals surface area contributed by atoms with E-state index in [9.17, 15) is 9.90 Å². The fourth-order valence-corrected chi connectivity index (χ4v) is 1.75. The molecule has 0 aliphatic rings. The lowest BCUT2D eigenvalue weighted by molar-refractivity contribution is 0.0695. The number of carbonyl (C=O) groups is 1. The second-order valence-corrected chi connectivity index (χ2v) is 4.21. The summed E-state index contributed by atoms with van der Waals surface area (Å²) in [6.07, 6.45) is 0. The number of benzene rings is 2. The summed E-state index contributed by atoms with van der Waals surface area (Å²) in [5.41, 5.74) is 1.60. The highest BCUT2D eigenvalue weighted by atomic mass is 16.5. The molecule has 0 heterocycles. The molecular formula is C15H14O4. The second-order valence-electron chi connectivity index (χ2n) is 4.21. The molecular weight excluding hydrogens is 244 g/mol. The lowest BCUT2D eigenvalue weighted by atomic mass is 10.1. The number of carboxylic acids is 1. The highest BCUT2D eigenvalue weighted by molar-refractivity contribution is 5.90. The molecule has 2 aromatic carbocycles. The van der Waals surface area contributed by atoms with Crippen molar-refractivity contribution in [1.82, 2.24) is 0 Å². The third kappa shape index (κ3) is 3.04. The van der Waals surface area contributed by atoms with E-state index in [2.05, 4.69) is 0 Å². The van der Waals surface area contributed by atoms with Crippen molar-refractivity contribution < 1.29 is 19.7 Å². The predicted octanol–water partition coefficient (Wildman–Crippen LogP) is 2.98. The first-order valence-corrected chi connectivity index (χ1v) is 5.81. The van der Waals surface area contributed by atoms with Gasteiger partial charge in [0.25, 0.3) is 0 Å². The second kappa shape index (κ2) is 5.44. The smallest absolute Gasteiger partial charge is 0.336 e. The number of aromatic carboxylic acids is 1. The van der Waals surface area contributed by atoms with Gasteiger partial charge in [0.05, 0.1) is 5.56 Å². The predicted molar refractivity (Wildman–Crippen MR) is 70.6 cm³/mol. The number of hydrogen-bond acceptors (Lipinski definition) is 3. The van der Waals surface area contributed by atoms with Gasteiger partial charge in [-0.2, -0.15) is 0 Å². The Morgan fingerprint density at radius 3 is 2.53 bits per heavy atom. The van der Waals surface area contributed by atoms with Crippen LogP contribution in [0.5, 0.6) is 11.5 Å².